The monoisotopic (exact) mass is 480 g/mol. The minimum absolute atomic E-state index is 0.108. The number of esters is 1. The molecule has 0 aliphatic heterocycles. The van der Waals surface area contributed by atoms with Crippen molar-refractivity contribution in [1.82, 2.24) is 5.32 Å². The number of furan rings is 1. The normalized spacial score (nSPS) is 10.5. The molecule has 34 heavy (non-hydrogen) atoms. The Morgan fingerprint density at radius 2 is 1.91 bits per heavy atom. The zero-order valence-corrected chi connectivity index (χ0v) is 19.0. The molecule has 0 fully saturated rings. The van der Waals surface area contributed by atoms with Crippen molar-refractivity contribution in [3.63, 3.8) is 0 Å². The van der Waals surface area contributed by atoms with Gasteiger partial charge in [0.2, 0.25) is 0 Å². The molecule has 0 aliphatic carbocycles. The van der Waals surface area contributed by atoms with Crippen molar-refractivity contribution in [3.8, 4) is 28.9 Å². The quantitative estimate of drug-likeness (QED) is 0.338. The smallest absolute Gasteiger partial charge is 0.331 e. The fourth-order valence-electron chi connectivity index (χ4n) is 2.85. The van der Waals surface area contributed by atoms with Gasteiger partial charge in [0.15, 0.2) is 24.7 Å². The Bertz CT molecular complexity index is 1210. The van der Waals surface area contributed by atoms with Gasteiger partial charge in [0, 0.05) is 16.7 Å². The van der Waals surface area contributed by atoms with Crippen LogP contribution in [0.4, 0.5) is 0 Å². The number of rotatable bonds is 10. The molecule has 0 saturated heterocycles. The number of carbonyl (C=O) groups is 2. The van der Waals surface area contributed by atoms with Crippen LogP contribution in [0.5, 0.6) is 11.5 Å². The molecule has 1 amide bonds. The van der Waals surface area contributed by atoms with E-state index in [1.165, 1.54) is 19.3 Å². The number of ether oxygens (including phenoxy) is 3. The molecule has 0 spiro atoms. The Hall–Kier alpha value is -4.22. The van der Waals surface area contributed by atoms with E-state index in [1.807, 2.05) is 18.2 Å². The van der Waals surface area contributed by atoms with Gasteiger partial charge in [-0.3, -0.25) is 4.79 Å². The molecule has 1 aromatic heterocycles. The van der Waals surface area contributed by atoms with E-state index in [2.05, 4.69) is 5.32 Å². The molecule has 0 atom stereocenters. The van der Waals surface area contributed by atoms with E-state index in [1.54, 1.807) is 42.5 Å². The zero-order valence-electron chi connectivity index (χ0n) is 18.2. The average Bonchev–Trinajstić information content (AvgIpc) is 3.33. The van der Waals surface area contributed by atoms with Gasteiger partial charge in [-0.25, -0.2) is 4.79 Å². The van der Waals surface area contributed by atoms with Gasteiger partial charge in [-0.15, -0.1) is 0 Å². The molecule has 174 valence electrons. The summed E-state index contributed by atoms with van der Waals surface area (Å²) >= 11 is 5.89. The SMILES string of the molecule is COc1cc(/C=C/C(=O)OCC(=O)NCc2ccc(-c3ccc(Cl)cc3)o2)ccc1OCC#N. The van der Waals surface area contributed by atoms with Crippen LogP contribution in [0, 0.1) is 11.3 Å². The minimum atomic E-state index is -0.679. The van der Waals surface area contributed by atoms with Crippen molar-refractivity contribution in [3.05, 3.63) is 77.0 Å². The molecule has 0 bridgehead atoms. The van der Waals surface area contributed by atoms with Gasteiger partial charge in [0.1, 0.15) is 17.6 Å². The van der Waals surface area contributed by atoms with Gasteiger partial charge in [-0.1, -0.05) is 17.7 Å². The second kappa shape index (κ2) is 12.1. The Labute approximate surface area is 201 Å². The van der Waals surface area contributed by atoms with Crippen LogP contribution < -0.4 is 14.8 Å². The lowest BCUT2D eigenvalue weighted by Gasteiger charge is -2.08. The molecule has 8 nitrogen and oxygen atoms in total. The van der Waals surface area contributed by atoms with Gasteiger partial charge in [-0.05, 0) is 60.2 Å². The second-order valence-electron chi connectivity index (χ2n) is 6.85. The fraction of sp³-hybridized carbons (Fsp3) is 0.160. The average molecular weight is 481 g/mol. The lowest BCUT2D eigenvalue weighted by Crippen LogP contribution is -2.27. The summed E-state index contributed by atoms with van der Waals surface area (Å²) in [5.41, 5.74) is 1.52. The number of benzene rings is 2. The first-order chi connectivity index (χ1) is 16.5. The fourth-order valence-corrected chi connectivity index (χ4v) is 2.97. The predicted molar refractivity (Wildman–Crippen MR) is 125 cm³/mol. The third kappa shape index (κ3) is 7.15. The largest absolute Gasteiger partial charge is 0.493 e. The number of amides is 1. The van der Waals surface area contributed by atoms with E-state index in [9.17, 15) is 9.59 Å². The van der Waals surface area contributed by atoms with E-state index in [0.29, 0.717) is 33.6 Å². The molecule has 0 saturated carbocycles. The highest BCUT2D eigenvalue weighted by molar-refractivity contribution is 6.30. The first-order valence-electron chi connectivity index (χ1n) is 10.1. The molecule has 1 heterocycles. The zero-order chi connectivity index (χ0) is 24.3. The minimum Gasteiger partial charge on any atom is -0.493 e. The van der Waals surface area contributed by atoms with Crippen molar-refractivity contribution in [2.75, 3.05) is 20.3 Å². The first-order valence-corrected chi connectivity index (χ1v) is 10.5. The molecule has 0 unspecified atom stereocenters. The molecule has 3 aromatic rings. The lowest BCUT2D eigenvalue weighted by molar-refractivity contribution is -0.143. The number of hydrogen-bond donors (Lipinski definition) is 1. The summed E-state index contributed by atoms with van der Waals surface area (Å²) in [7, 11) is 1.47. The van der Waals surface area contributed by atoms with Gasteiger partial charge in [0.05, 0.1) is 13.7 Å². The number of nitriles is 1. The van der Waals surface area contributed by atoms with Crippen LogP contribution in [0.2, 0.25) is 5.02 Å². The Morgan fingerprint density at radius 1 is 1.12 bits per heavy atom. The van der Waals surface area contributed by atoms with E-state index in [-0.39, 0.29) is 13.2 Å². The van der Waals surface area contributed by atoms with Crippen LogP contribution in [0.15, 0.2) is 65.1 Å². The number of halogens is 1. The second-order valence-corrected chi connectivity index (χ2v) is 7.28. The third-order valence-corrected chi connectivity index (χ3v) is 4.74. The summed E-state index contributed by atoms with van der Waals surface area (Å²) in [6.45, 7) is -0.388. The van der Waals surface area contributed by atoms with Crippen molar-refractivity contribution in [2.45, 2.75) is 6.54 Å². The first kappa shape index (κ1) is 24.4. The van der Waals surface area contributed by atoms with E-state index in [0.717, 1.165) is 5.56 Å². The molecule has 1 N–H and O–H groups in total. The van der Waals surface area contributed by atoms with Crippen LogP contribution in [-0.2, 0) is 20.9 Å². The summed E-state index contributed by atoms with van der Waals surface area (Å²) in [5.74, 6) is 0.896. The van der Waals surface area contributed by atoms with Crippen LogP contribution in [0.1, 0.15) is 11.3 Å². The van der Waals surface area contributed by atoms with Crippen molar-refractivity contribution in [2.24, 2.45) is 0 Å². The van der Waals surface area contributed by atoms with Crippen molar-refractivity contribution in [1.29, 1.82) is 5.26 Å². The Balaban J connectivity index is 1.44. The van der Waals surface area contributed by atoms with E-state index in [4.69, 9.17) is 35.5 Å². The van der Waals surface area contributed by atoms with Crippen LogP contribution >= 0.6 is 11.6 Å². The van der Waals surface area contributed by atoms with E-state index >= 15 is 0 Å². The maximum absolute atomic E-state index is 12.0. The van der Waals surface area contributed by atoms with Crippen LogP contribution in [-0.4, -0.2) is 32.2 Å². The molecule has 0 aliphatic rings. The molecular weight excluding hydrogens is 460 g/mol. The summed E-state index contributed by atoms with van der Waals surface area (Å²) in [6, 6.07) is 17.6. The van der Waals surface area contributed by atoms with Crippen LogP contribution in [0.25, 0.3) is 17.4 Å². The molecule has 0 radical (unpaired) electrons. The summed E-state index contributed by atoms with van der Waals surface area (Å²) in [6.07, 6.45) is 2.71. The number of nitrogens with zero attached hydrogens (tertiary/aromatic N) is 1. The Morgan fingerprint density at radius 3 is 2.65 bits per heavy atom. The molecule has 2 aromatic carbocycles. The van der Waals surface area contributed by atoms with Gasteiger partial charge in [-0.2, -0.15) is 5.26 Å². The predicted octanol–water partition coefficient (Wildman–Crippen LogP) is 4.38. The maximum Gasteiger partial charge on any atom is 0.331 e. The molecular formula is C25H21ClN2O6. The van der Waals surface area contributed by atoms with E-state index < -0.39 is 18.5 Å². The van der Waals surface area contributed by atoms with Crippen molar-refractivity contribution < 1.29 is 28.2 Å². The number of hydrogen-bond acceptors (Lipinski definition) is 7. The number of nitrogens with one attached hydrogen (secondary N) is 1. The highest BCUT2D eigenvalue weighted by atomic mass is 35.5. The molecule has 3 rings (SSSR count). The summed E-state index contributed by atoms with van der Waals surface area (Å²) < 4.78 is 21.1. The van der Waals surface area contributed by atoms with Gasteiger partial charge < -0.3 is 23.9 Å². The standard InChI is InChI=1S/C25H21ClN2O6/c1-31-23-14-17(2-9-22(23)32-13-12-27)3-11-25(30)33-16-24(29)28-15-20-8-10-21(34-20)18-4-6-19(26)7-5-18/h2-11,14H,13,15-16H2,1H3,(H,28,29)/b11-3+. The molecule has 9 heteroatoms. The Kier molecular flexibility index (Phi) is 8.72. The highest BCUT2D eigenvalue weighted by Gasteiger charge is 2.09. The summed E-state index contributed by atoms with van der Waals surface area (Å²) in [5, 5.41) is 11.9. The summed E-state index contributed by atoms with van der Waals surface area (Å²) in [4.78, 5) is 23.9. The number of methoxy groups -OCH3 is 1. The number of carbonyl (C=O) groups excluding carboxylic acids is 2. The third-order valence-electron chi connectivity index (χ3n) is 4.49. The maximum atomic E-state index is 12.0. The lowest BCUT2D eigenvalue weighted by atomic mass is 10.2. The topological polar surface area (TPSA) is 111 Å². The van der Waals surface area contributed by atoms with Crippen LogP contribution in [0.3, 0.4) is 0 Å². The van der Waals surface area contributed by atoms with Gasteiger partial charge in [0.25, 0.3) is 5.91 Å². The van der Waals surface area contributed by atoms with Crippen molar-refractivity contribution >= 4 is 29.6 Å². The van der Waals surface area contributed by atoms with Gasteiger partial charge >= 0.3 is 5.97 Å². The highest BCUT2D eigenvalue weighted by Crippen LogP contribution is 2.28.